The van der Waals surface area contributed by atoms with Crippen molar-refractivity contribution in [1.29, 1.82) is 0 Å². The van der Waals surface area contributed by atoms with Crippen LogP contribution in [0.5, 0.6) is 11.5 Å². The fourth-order valence-corrected chi connectivity index (χ4v) is 4.40. The fourth-order valence-electron chi connectivity index (χ4n) is 3.63. The number of carbonyl (C=O) groups excluding carboxylic acids is 1. The van der Waals surface area contributed by atoms with Crippen molar-refractivity contribution in [3.8, 4) is 22.9 Å². The summed E-state index contributed by atoms with van der Waals surface area (Å²) in [6, 6.07) is 16.6. The summed E-state index contributed by atoms with van der Waals surface area (Å²) in [5, 5.41) is 12.8. The first-order valence-electron chi connectivity index (χ1n) is 10.2. The van der Waals surface area contributed by atoms with E-state index in [4.69, 9.17) is 25.5 Å². The Bertz CT molecular complexity index is 1510. The summed E-state index contributed by atoms with van der Waals surface area (Å²) < 4.78 is 16.8. The first-order chi connectivity index (χ1) is 16.6. The fraction of sp³-hybridized carbons (Fsp3) is 0.125. The van der Waals surface area contributed by atoms with Crippen LogP contribution in [-0.4, -0.2) is 41.1 Å². The minimum atomic E-state index is -0.231. The van der Waals surface area contributed by atoms with Gasteiger partial charge in [0.2, 0.25) is 11.1 Å². The van der Waals surface area contributed by atoms with Crippen molar-refractivity contribution in [3.63, 3.8) is 0 Å². The van der Waals surface area contributed by atoms with Gasteiger partial charge >= 0.3 is 0 Å². The van der Waals surface area contributed by atoms with Crippen molar-refractivity contribution in [2.75, 3.05) is 25.3 Å². The molecule has 3 aromatic carbocycles. The number of thioether (sulfide) groups is 1. The molecule has 0 saturated carbocycles. The molecule has 5 aromatic rings. The monoisotopic (exact) mass is 494 g/mol. The number of carbonyl (C=O) groups is 1. The first kappa shape index (κ1) is 22.1. The van der Waals surface area contributed by atoms with Crippen molar-refractivity contribution in [3.05, 3.63) is 59.6 Å². The van der Waals surface area contributed by atoms with Crippen LogP contribution in [0.2, 0.25) is 5.02 Å². The molecule has 172 valence electrons. The lowest BCUT2D eigenvalue weighted by molar-refractivity contribution is -0.113. The molecule has 0 bridgehead atoms. The third-order valence-corrected chi connectivity index (χ3v) is 6.27. The average molecular weight is 495 g/mol. The number of furan rings is 1. The van der Waals surface area contributed by atoms with Crippen molar-refractivity contribution >= 4 is 56.9 Å². The molecule has 2 heterocycles. The zero-order chi connectivity index (χ0) is 23.7. The van der Waals surface area contributed by atoms with E-state index in [1.807, 2.05) is 30.3 Å². The van der Waals surface area contributed by atoms with Gasteiger partial charge in [-0.05, 0) is 30.3 Å². The number of rotatable bonds is 7. The topological polar surface area (TPSA) is 102 Å². The molecule has 5 rings (SSSR count). The number of para-hydroxylation sites is 1. The second-order valence-electron chi connectivity index (χ2n) is 7.29. The van der Waals surface area contributed by atoms with Gasteiger partial charge in [0.25, 0.3) is 0 Å². The van der Waals surface area contributed by atoms with Gasteiger partial charge in [0.05, 0.1) is 31.2 Å². The second-order valence-corrected chi connectivity index (χ2v) is 8.67. The number of ether oxygens (including phenoxy) is 2. The molecule has 0 atom stereocenters. The normalized spacial score (nSPS) is 11.1. The van der Waals surface area contributed by atoms with E-state index in [-0.39, 0.29) is 11.7 Å². The second kappa shape index (κ2) is 9.28. The summed E-state index contributed by atoms with van der Waals surface area (Å²) in [7, 11) is 3.13. The molecule has 0 saturated heterocycles. The molecule has 2 aromatic heterocycles. The van der Waals surface area contributed by atoms with Crippen molar-refractivity contribution in [2.45, 2.75) is 5.16 Å². The van der Waals surface area contributed by atoms with Crippen LogP contribution in [0.4, 0.5) is 5.69 Å². The Labute approximate surface area is 203 Å². The number of benzene rings is 3. The first-order valence-corrected chi connectivity index (χ1v) is 11.6. The number of anilines is 1. The quantitative estimate of drug-likeness (QED) is 0.277. The van der Waals surface area contributed by atoms with Crippen LogP contribution in [0, 0.1) is 0 Å². The molecule has 0 fully saturated rings. The van der Waals surface area contributed by atoms with Gasteiger partial charge in [-0.2, -0.15) is 0 Å². The zero-order valence-electron chi connectivity index (χ0n) is 18.2. The molecule has 0 aliphatic rings. The van der Waals surface area contributed by atoms with Crippen LogP contribution in [0.15, 0.2) is 64.2 Å². The van der Waals surface area contributed by atoms with Gasteiger partial charge in [-0.3, -0.25) is 9.89 Å². The molecule has 0 unspecified atom stereocenters. The Balaban J connectivity index is 1.31. The maximum atomic E-state index is 12.7. The molecule has 0 radical (unpaired) electrons. The van der Waals surface area contributed by atoms with E-state index >= 15 is 0 Å². The van der Waals surface area contributed by atoms with E-state index < -0.39 is 0 Å². The number of methoxy groups -OCH3 is 2. The Kier molecular flexibility index (Phi) is 6.04. The number of halogens is 1. The number of nitrogens with zero attached hydrogens (tertiary/aromatic N) is 2. The highest BCUT2D eigenvalue weighted by atomic mass is 35.5. The van der Waals surface area contributed by atoms with Gasteiger partial charge in [0.1, 0.15) is 22.7 Å². The minimum Gasteiger partial charge on any atom is -0.496 e. The van der Waals surface area contributed by atoms with Gasteiger partial charge in [0, 0.05) is 21.9 Å². The molecule has 8 nitrogen and oxygen atoms in total. The Hall–Kier alpha value is -3.69. The van der Waals surface area contributed by atoms with E-state index in [2.05, 4.69) is 20.5 Å². The number of hydrogen-bond acceptors (Lipinski definition) is 7. The van der Waals surface area contributed by atoms with E-state index in [1.165, 1.54) is 11.8 Å². The number of aromatic nitrogens is 3. The van der Waals surface area contributed by atoms with Gasteiger partial charge in [-0.15, -0.1) is 5.10 Å². The van der Waals surface area contributed by atoms with Crippen molar-refractivity contribution < 1.29 is 18.7 Å². The van der Waals surface area contributed by atoms with Crippen LogP contribution in [-0.2, 0) is 4.79 Å². The maximum absolute atomic E-state index is 12.7. The van der Waals surface area contributed by atoms with E-state index in [9.17, 15) is 4.79 Å². The molecule has 1 amide bonds. The molecule has 34 heavy (non-hydrogen) atoms. The zero-order valence-corrected chi connectivity index (χ0v) is 19.8. The van der Waals surface area contributed by atoms with Gasteiger partial charge < -0.3 is 19.2 Å². The predicted octanol–water partition coefficient (Wildman–Crippen LogP) is 5.77. The largest absolute Gasteiger partial charge is 0.496 e. The van der Waals surface area contributed by atoms with E-state index in [0.29, 0.717) is 44.3 Å². The van der Waals surface area contributed by atoms with Crippen molar-refractivity contribution in [1.82, 2.24) is 15.2 Å². The summed E-state index contributed by atoms with van der Waals surface area (Å²) in [6.07, 6.45) is 0. The van der Waals surface area contributed by atoms with Crippen LogP contribution < -0.4 is 14.8 Å². The average Bonchev–Trinajstić information content (AvgIpc) is 3.46. The maximum Gasteiger partial charge on any atom is 0.234 e. The van der Waals surface area contributed by atoms with Crippen LogP contribution in [0.1, 0.15) is 0 Å². The lowest BCUT2D eigenvalue weighted by atomic mass is 10.1. The van der Waals surface area contributed by atoms with Crippen LogP contribution in [0.3, 0.4) is 0 Å². The molecule has 10 heteroatoms. The standard InChI is InChI=1S/C24H19ClN4O4S/c1-31-18-8-7-13(25)9-16(18)23-27-24(29-28-23)34-12-22(30)26-17-11-20-15(10-21(17)32-2)14-5-3-4-6-19(14)33-20/h3-11H,12H2,1-2H3,(H,26,30)(H,27,28,29). The van der Waals surface area contributed by atoms with E-state index in [1.54, 1.807) is 38.5 Å². The molecule has 0 aliphatic heterocycles. The van der Waals surface area contributed by atoms with Gasteiger partial charge in [0.15, 0.2) is 5.82 Å². The Morgan fingerprint density at radius 3 is 2.71 bits per heavy atom. The number of fused-ring (bicyclic) bond motifs is 3. The molecular formula is C24H19ClN4O4S. The number of hydrogen-bond donors (Lipinski definition) is 2. The lowest BCUT2D eigenvalue weighted by Crippen LogP contribution is -2.14. The SMILES string of the molecule is COc1cc2c(cc1NC(=O)CSc1n[nH]c(-c3cc(Cl)ccc3OC)n1)oc1ccccc12. The summed E-state index contributed by atoms with van der Waals surface area (Å²) in [5.74, 6) is 1.53. The summed E-state index contributed by atoms with van der Waals surface area (Å²) in [6.45, 7) is 0. The Morgan fingerprint density at radius 1 is 1.06 bits per heavy atom. The molecular weight excluding hydrogens is 476 g/mol. The summed E-state index contributed by atoms with van der Waals surface area (Å²) >= 11 is 7.30. The molecule has 0 spiro atoms. The number of amides is 1. The smallest absolute Gasteiger partial charge is 0.234 e. The summed E-state index contributed by atoms with van der Waals surface area (Å²) in [5.41, 5.74) is 2.65. The Morgan fingerprint density at radius 2 is 1.88 bits per heavy atom. The van der Waals surface area contributed by atoms with Gasteiger partial charge in [-0.1, -0.05) is 41.6 Å². The van der Waals surface area contributed by atoms with Crippen molar-refractivity contribution in [2.24, 2.45) is 0 Å². The highest BCUT2D eigenvalue weighted by Crippen LogP contribution is 2.36. The molecule has 0 aliphatic carbocycles. The third kappa shape index (κ3) is 4.27. The summed E-state index contributed by atoms with van der Waals surface area (Å²) in [4.78, 5) is 17.1. The van der Waals surface area contributed by atoms with Gasteiger partial charge in [-0.25, -0.2) is 4.98 Å². The van der Waals surface area contributed by atoms with Crippen LogP contribution in [0.25, 0.3) is 33.3 Å². The highest BCUT2D eigenvalue weighted by molar-refractivity contribution is 7.99. The number of nitrogens with one attached hydrogen (secondary N) is 2. The molecule has 2 N–H and O–H groups in total. The third-order valence-electron chi connectivity index (χ3n) is 5.19. The number of aromatic amines is 1. The number of H-pyrrole nitrogens is 1. The van der Waals surface area contributed by atoms with E-state index in [0.717, 1.165) is 16.4 Å². The van der Waals surface area contributed by atoms with Crippen LogP contribution >= 0.6 is 23.4 Å². The minimum absolute atomic E-state index is 0.102. The highest BCUT2D eigenvalue weighted by Gasteiger charge is 2.16. The predicted molar refractivity (Wildman–Crippen MR) is 133 cm³/mol. The lowest BCUT2D eigenvalue weighted by Gasteiger charge is -2.10.